The first kappa shape index (κ1) is 24.2. The van der Waals surface area contributed by atoms with Crippen molar-refractivity contribution in [3.05, 3.63) is 59.4 Å². The highest BCUT2D eigenvalue weighted by Gasteiger charge is 2.27. The van der Waals surface area contributed by atoms with Gasteiger partial charge in [-0.1, -0.05) is 25.0 Å². The number of sulfonamides is 1. The van der Waals surface area contributed by atoms with Crippen molar-refractivity contribution >= 4 is 15.9 Å². The summed E-state index contributed by atoms with van der Waals surface area (Å²) in [6.45, 7) is 0.226. The molecule has 0 aromatic heterocycles. The molecule has 0 radical (unpaired) electrons. The fourth-order valence-corrected chi connectivity index (χ4v) is 5.46. The minimum absolute atomic E-state index is 0.0613. The predicted molar refractivity (Wildman–Crippen MR) is 121 cm³/mol. The monoisotopic (exact) mass is 463 g/mol. The third-order valence-corrected chi connectivity index (χ3v) is 7.25. The Bertz CT molecular complexity index is 1050. The van der Waals surface area contributed by atoms with Gasteiger partial charge in [-0.25, -0.2) is 17.5 Å². The van der Waals surface area contributed by atoms with Crippen molar-refractivity contribution in [2.24, 2.45) is 0 Å². The van der Waals surface area contributed by atoms with Crippen LogP contribution in [0.25, 0.3) is 0 Å². The van der Waals surface area contributed by atoms with Gasteiger partial charge in [0, 0.05) is 18.2 Å². The lowest BCUT2D eigenvalue weighted by molar-refractivity contribution is 0.0941. The SMILES string of the molecule is COc1ccc(C(=O)NCC(c2cccc(F)c2)N(C)C)cc1S(=O)(=O)NC1CCCC1. The van der Waals surface area contributed by atoms with E-state index in [1.165, 1.54) is 37.4 Å². The number of carbonyl (C=O) groups excluding carboxylic acids is 1. The molecule has 1 amide bonds. The molecule has 0 heterocycles. The van der Waals surface area contributed by atoms with Crippen LogP contribution in [0.2, 0.25) is 0 Å². The van der Waals surface area contributed by atoms with Crippen molar-refractivity contribution in [3.63, 3.8) is 0 Å². The topological polar surface area (TPSA) is 87.7 Å². The molecule has 0 bridgehead atoms. The first-order valence-electron chi connectivity index (χ1n) is 10.6. The molecule has 32 heavy (non-hydrogen) atoms. The van der Waals surface area contributed by atoms with Crippen LogP contribution in [0.1, 0.15) is 47.6 Å². The van der Waals surface area contributed by atoms with Gasteiger partial charge in [0.2, 0.25) is 10.0 Å². The van der Waals surface area contributed by atoms with Gasteiger partial charge in [-0.05, 0) is 62.8 Å². The van der Waals surface area contributed by atoms with Gasteiger partial charge in [-0.2, -0.15) is 0 Å². The number of likely N-dealkylation sites (N-methyl/N-ethyl adjacent to an activating group) is 1. The van der Waals surface area contributed by atoms with E-state index in [2.05, 4.69) is 10.0 Å². The van der Waals surface area contributed by atoms with E-state index in [1.807, 2.05) is 19.0 Å². The van der Waals surface area contributed by atoms with Crippen molar-refractivity contribution in [1.82, 2.24) is 14.9 Å². The summed E-state index contributed by atoms with van der Waals surface area (Å²) in [5.41, 5.74) is 0.934. The highest BCUT2D eigenvalue weighted by molar-refractivity contribution is 7.89. The van der Waals surface area contributed by atoms with Gasteiger partial charge in [-0.3, -0.25) is 4.79 Å². The van der Waals surface area contributed by atoms with Crippen molar-refractivity contribution in [3.8, 4) is 5.75 Å². The highest BCUT2D eigenvalue weighted by Crippen LogP contribution is 2.27. The van der Waals surface area contributed by atoms with Crippen LogP contribution in [-0.2, 0) is 10.0 Å². The van der Waals surface area contributed by atoms with Crippen LogP contribution in [0.4, 0.5) is 4.39 Å². The maximum Gasteiger partial charge on any atom is 0.251 e. The number of nitrogens with zero attached hydrogens (tertiary/aromatic N) is 1. The molecule has 2 N–H and O–H groups in total. The highest BCUT2D eigenvalue weighted by atomic mass is 32.2. The lowest BCUT2D eigenvalue weighted by atomic mass is 10.1. The predicted octanol–water partition coefficient (Wildman–Crippen LogP) is 3.09. The fourth-order valence-electron chi connectivity index (χ4n) is 3.96. The van der Waals surface area contributed by atoms with Crippen LogP contribution in [0.15, 0.2) is 47.4 Å². The average molecular weight is 464 g/mol. The normalized spacial score (nSPS) is 15.7. The van der Waals surface area contributed by atoms with Gasteiger partial charge in [0.05, 0.1) is 13.2 Å². The first-order valence-corrected chi connectivity index (χ1v) is 12.1. The maximum absolute atomic E-state index is 13.6. The second kappa shape index (κ2) is 10.4. The molecule has 174 valence electrons. The lowest BCUT2D eigenvalue weighted by Gasteiger charge is -2.25. The number of rotatable bonds is 9. The Kier molecular flexibility index (Phi) is 7.86. The molecule has 1 aliphatic carbocycles. The van der Waals surface area contributed by atoms with E-state index >= 15 is 0 Å². The quantitative estimate of drug-likeness (QED) is 0.597. The van der Waals surface area contributed by atoms with Crippen molar-refractivity contribution in [1.29, 1.82) is 0 Å². The third kappa shape index (κ3) is 5.85. The van der Waals surface area contributed by atoms with Crippen LogP contribution in [0.5, 0.6) is 5.75 Å². The second-order valence-corrected chi connectivity index (χ2v) is 9.90. The number of hydrogen-bond donors (Lipinski definition) is 2. The Morgan fingerprint density at radius 1 is 1.19 bits per heavy atom. The number of ether oxygens (including phenoxy) is 1. The number of hydrogen-bond acceptors (Lipinski definition) is 5. The molecule has 2 aromatic rings. The van der Waals surface area contributed by atoms with E-state index in [9.17, 15) is 17.6 Å². The molecule has 1 atom stereocenters. The van der Waals surface area contributed by atoms with E-state index < -0.39 is 15.9 Å². The van der Waals surface area contributed by atoms with Crippen LogP contribution >= 0.6 is 0 Å². The number of halogens is 1. The fraction of sp³-hybridized carbons (Fsp3) is 0.435. The standard InChI is InChI=1S/C23H30FN3O4S/c1-27(2)20(16-7-6-8-18(24)13-16)15-25-23(28)17-11-12-21(31-3)22(14-17)32(29,30)26-19-9-4-5-10-19/h6-8,11-14,19-20,26H,4-5,9-10,15H2,1-3H3,(H,25,28). The van der Waals surface area contributed by atoms with Crippen molar-refractivity contribution in [2.45, 2.75) is 42.7 Å². The van der Waals surface area contributed by atoms with Gasteiger partial charge in [0.15, 0.2) is 0 Å². The minimum Gasteiger partial charge on any atom is -0.495 e. The summed E-state index contributed by atoms with van der Waals surface area (Å²) in [6.07, 6.45) is 3.58. The van der Waals surface area contributed by atoms with Crippen molar-refractivity contribution in [2.75, 3.05) is 27.7 Å². The summed E-state index contributed by atoms with van der Waals surface area (Å²) in [5.74, 6) is -0.591. The first-order chi connectivity index (χ1) is 15.2. The molecule has 1 saturated carbocycles. The van der Waals surface area contributed by atoms with E-state index in [0.29, 0.717) is 0 Å². The number of methoxy groups -OCH3 is 1. The molecular weight excluding hydrogens is 433 g/mol. The Hall–Kier alpha value is -2.49. The summed E-state index contributed by atoms with van der Waals surface area (Å²) < 4.78 is 47.5. The summed E-state index contributed by atoms with van der Waals surface area (Å²) in [4.78, 5) is 14.7. The van der Waals surface area contributed by atoms with Crippen LogP contribution in [-0.4, -0.2) is 53.0 Å². The summed E-state index contributed by atoms with van der Waals surface area (Å²) in [6, 6.07) is 10.2. The molecule has 3 rings (SSSR count). The Morgan fingerprint density at radius 3 is 2.53 bits per heavy atom. The van der Waals surface area contributed by atoms with Gasteiger partial charge in [-0.15, -0.1) is 0 Å². The zero-order valence-electron chi connectivity index (χ0n) is 18.6. The number of benzene rings is 2. The Balaban J connectivity index is 1.78. The molecule has 2 aromatic carbocycles. The van der Waals surface area contributed by atoms with Crippen LogP contribution < -0.4 is 14.8 Å². The van der Waals surface area contributed by atoms with Crippen LogP contribution in [0, 0.1) is 5.82 Å². The van der Waals surface area contributed by atoms with Gasteiger partial charge < -0.3 is 15.0 Å². The Labute approximate surface area is 189 Å². The molecule has 9 heteroatoms. The van der Waals surface area contributed by atoms with Gasteiger partial charge in [0.25, 0.3) is 5.91 Å². The van der Waals surface area contributed by atoms with E-state index in [4.69, 9.17) is 4.74 Å². The van der Waals surface area contributed by atoms with Crippen molar-refractivity contribution < 1.29 is 22.3 Å². The molecule has 1 unspecified atom stereocenters. The third-order valence-electron chi connectivity index (χ3n) is 5.71. The number of amides is 1. The molecule has 7 nitrogen and oxygen atoms in total. The molecule has 0 spiro atoms. The lowest BCUT2D eigenvalue weighted by Crippen LogP contribution is -2.35. The van der Waals surface area contributed by atoms with Gasteiger partial charge >= 0.3 is 0 Å². The largest absolute Gasteiger partial charge is 0.495 e. The van der Waals surface area contributed by atoms with E-state index in [-0.39, 0.29) is 40.7 Å². The average Bonchev–Trinajstić information content (AvgIpc) is 3.25. The summed E-state index contributed by atoms with van der Waals surface area (Å²) in [5, 5.41) is 2.83. The zero-order valence-corrected chi connectivity index (χ0v) is 19.4. The number of nitrogens with one attached hydrogen (secondary N) is 2. The smallest absolute Gasteiger partial charge is 0.251 e. The van der Waals surface area contributed by atoms with Gasteiger partial charge in [0.1, 0.15) is 16.5 Å². The molecule has 1 aliphatic rings. The number of carbonyl (C=O) groups is 1. The zero-order chi connectivity index (χ0) is 23.3. The maximum atomic E-state index is 13.6. The van der Waals surface area contributed by atoms with E-state index in [0.717, 1.165) is 31.2 Å². The molecule has 0 saturated heterocycles. The Morgan fingerprint density at radius 2 is 1.91 bits per heavy atom. The molecular formula is C23H30FN3O4S. The molecule has 0 aliphatic heterocycles. The summed E-state index contributed by atoms with van der Waals surface area (Å²) in [7, 11) is 1.24. The molecule has 1 fully saturated rings. The second-order valence-electron chi connectivity index (χ2n) is 8.21. The summed E-state index contributed by atoms with van der Waals surface area (Å²) >= 11 is 0. The minimum atomic E-state index is -3.84. The van der Waals surface area contributed by atoms with Crippen LogP contribution in [0.3, 0.4) is 0 Å². The van der Waals surface area contributed by atoms with E-state index in [1.54, 1.807) is 12.1 Å².